The van der Waals surface area contributed by atoms with E-state index in [1.54, 1.807) is 29.2 Å². The molecule has 12 heteroatoms. The predicted molar refractivity (Wildman–Crippen MR) is 151 cm³/mol. The Labute approximate surface area is 237 Å². The van der Waals surface area contributed by atoms with Crippen LogP contribution in [0, 0.1) is 0 Å². The molecular weight excluding hydrogens is 526 g/mol. The van der Waals surface area contributed by atoms with Crippen LogP contribution >= 0.6 is 0 Å². The lowest BCUT2D eigenvalue weighted by Gasteiger charge is -2.29. The zero-order chi connectivity index (χ0) is 29.2. The number of nitrogens with two attached hydrogens (primary N) is 2. The summed E-state index contributed by atoms with van der Waals surface area (Å²) < 4.78 is 5.79. The third-order valence-corrected chi connectivity index (χ3v) is 6.87. The smallest absolute Gasteiger partial charge is 0.410 e. The first-order chi connectivity index (χ1) is 19.8. The van der Waals surface area contributed by atoms with Gasteiger partial charge in [0.25, 0.3) is 0 Å². The van der Waals surface area contributed by atoms with Crippen LogP contribution in [0.5, 0.6) is 0 Å². The molecule has 1 saturated heterocycles. The number of carbonyl (C=O) groups excluding carboxylic acids is 4. The Balaban J connectivity index is 1.49. The number of primary amides is 1. The van der Waals surface area contributed by atoms with Gasteiger partial charge in [0.2, 0.25) is 17.6 Å². The minimum absolute atomic E-state index is 0.00703. The third kappa shape index (κ3) is 8.22. The quantitative estimate of drug-likeness (QED) is 0.196. The van der Waals surface area contributed by atoms with Crippen molar-refractivity contribution in [2.24, 2.45) is 11.5 Å². The number of nitrogens with one attached hydrogen (secondary N) is 3. The van der Waals surface area contributed by atoms with E-state index in [0.29, 0.717) is 43.0 Å². The van der Waals surface area contributed by atoms with Crippen LogP contribution in [-0.4, -0.2) is 82.9 Å². The number of nitrogens with zero attached hydrogens (tertiary/aromatic N) is 2. The number of imidazole rings is 1. The largest absolute Gasteiger partial charge is 0.437 e. The van der Waals surface area contributed by atoms with Gasteiger partial charge in [-0.2, -0.15) is 0 Å². The molecule has 1 fully saturated rings. The second-order valence-electron chi connectivity index (χ2n) is 9.88. The van der Waals surface area contributed by atoms with Crippen LogP contribution in [0.2, 0.25) is 0 Å². The number of carbonyl (C=O) groups is 4. The maximum absolute atomic E-state index is 13.9. The number of hydrogen-bond acceptors (Lipinski definition) is 8. The van der Waals surface area contributed by atoms with E-state index in [-0.39, 0.29) is 19.3 Å². The highest BCUT2D eigenvalue weighted by molar-refractivity contribution is 6.02. The van der Waals surface area contributed by atoms with Crippen LogP contribution < -0.4 is 22.1 Å². The Hall–Kier alpha value is -4.55. The summed E-state index contributed by atoms with van der Waals surface area (Å²) in [5.74, 6) is -1.71. The average molecular weight is 562 g/mol. The molecule has 7 N–H and O–H groups in total. The number of benzene rings is 2. The highest BCUT2D eigenvalue weighted by Gasteiger charge is 2.30. The molecule has 3 unspecified atom stereocenters. The molecule has 0 spiro atoms. The fourth-order valence-corrected chi connectivity index (χ4v) is 4.62. The molecule has 3 amide bonds. The van der Waals surface area contributed by atoms with Gasteiger partial charge in [-0.25, -0.2) is 9.78 Å². The summed E-state index contributed by atoms with van der Waals surface area (Å²) in [6.45, 7) is 2.26. The summed E-state index contributed by atoms with van der Waals surface area (Å²) in [4.78, 5) is 60.1. The lowest BCUT2D eigenvalue weighted by molar-refractivity contribution is -0.128. The summed E-state index contributed by atoms with van der Waals surface area (Å²) in [7, 11) is 0. The van der Waals surface area contributed by atoms with E-state index in [1.165, 1.54) is 12.5 Å². The van der Waals surface area contributed by atoms with E-state index < -0.39 is 41.9 Å². The molecule has 0 radical (unpaired) electrons. The van der Waals surface area contributed by atoms with Crippen molar-refractivity contribution in [3.63, 3.8) is 0 Å². The molecule has 1 aliphatic heterocycles. The Bertz CT molecular complexity index is 1330. The van der Waals surface area contributed by atoms with Crippen molar-refractivity contribution < 1.29 is 23.9 Å². The maximum Gasteiger partial charge on any atom is 0.410 e. The molecule has 0 aliphatic carbocycles. The number of H-pyrrole nitrogens is 1. The minimum atomic E-state index is -1.08. The molecule has 4 rings (SSSR count). The van der Waals surface area contributed by atoms with Gasteiger partial charge in [-0.15, -0.1) is 0 Å². The summed E-state index contributed by atoms with van der Waals surface area (Å²) >= 11 is 0. The van der Waals surface area contributed by atoms with Gasteiger partial charge < -0.3 is 36.7 Å². The number of piperazine rings is 1. The minimum Gasteiger partial charge on any atom is -0.437 e. The van der Waals surface area contributed by atoms with Crippen LogP contribution in [0.4, 0.5) is 4.79 Å². The molecule has 41 heavy (non-hydrogen) atoms. The van der Waals surface area contributed by atoms with E-state index in [2.05, 4.69) is 20.6 Å². The number of aromatic amines is 1. The first-order valence-corrected chi connectivity index (χ1v) is 13.5. The van der Waals surface area contributed by atoms with Crippen molar-refractivity contribution in [1.29, 1.82) is 0 Å². The molecule has 0 bridgehead atoms. The van der Waals surface area contributed by atoms with Gasteiger partial charge in [-0.1, -0.05) is 54.6 Å². The number of hydrogen-bond donors (Lipinski definition) is 5. The fraction of sp³-hybridized carbons (Fsp3) is 0.345. The second-order valence-corrected chi connectivity index (χ2v) is 9.88. The molecule has 3 atom stereocenters. The Morgan fingerprint density at radius 3 is 2.37 bits per heavy atom. The fourth-order valence-electron chi connectivity index (χ4n) is 4.62. The van der Waals surface area contributed by atoms with Crippen molar-refractivity contribution in [3.05, 3.63) is 89.5 Å². The van der Waals surface area contributed by atoms with Gasteiger partial charge in [-0.3, -0.25) is 14.4 Å². The van der Waals surface area contributed by atoms with Gasteiger partial charge in [-0.05, 0) is 17.5 Å². The van der Waals surface area contributed by atoms with E-state index in [0.717, 1.165) is 5.56 Å². The van der Waals surface area contributed by atoms with Crippen LogP contribution in [0.25, 0.3) is 0 Å². The molecule has 1 aromatic heterocycles. The molecule has 2 heterocycles. The monoisotopic (exact) mass is 561 g/mol. The molecule has 2 aromatic carbocycles. The van der Waals surface area contributed by atoms with Gasteiger partial charge >= 0.3 is 6.09 Å². The number of aromatic nitrogens is 2. The van der Waals surface area contributed by atoms with Gasteiger partial charge in [0.15, 0.2) is 6.10 Å². The summed E-state index contributed by atoms with van der Waals surface area (Å²) in [5, 5.41) is 5.77. The molecule has 216 valence electrons. The number of Topliss-reactive ketones (excluding diaryl/α,β-unsaturated/α-hetero) is 1. The van der Waals surface area contributed by atoms with Crippen molar-refractivity contribution in [3.8, 4) is 0 Å². The second kappa shape index (κ2) is 14.2. The molecule has 0 saturated carbocycles. The van der Waals surface area contributed by atoms with Crippen molar-refractivity contribution in [2.75, 3.05) is 26.2 Å². The van der Waals surface area contributed by atoms with E-state index >= 15 is 0 Å². The maximum atomic E-state index is 13.9. The lowest BCUT2D eigenvalue weighted by atomic mass is 9.93. The average Bonchev–Trinajstić information content (AvgIpc) is 3.50. The SMILES string of the molecule is NC(=O)C(Cc1cnc[nH]1)NC(=O)C(N)Cc1ccccc1C(=O)C(Cc1ccccc1)OC(=O)N1CCNCC1. The summed E-state index contributed by atoms with van der Waals surface area (Å²) in [6, 6.07) is 14.0. The van der Waals surface area contributed by atoms with Crippen molar-refractivity contribution in [1.82, 2.24) is 25.5 Å². The molecule has 12 nitrogen and oxygen atoms in total. The van der Waals surface area contributed by atoms with Crippen LogP contribution in [0.15, 0.2) is 67.1 Å². The predicted octanol–water partition coefficient (Wildman–Crippen LogP) is 0.328. The normalized spacial score (nSPS) is 15.4. The zero-order valence-corrected chi connectivity index (χ0v) is 22.6. The third-order valence-electron chi connectivity index (χ3n) is 6.87. The summed E-state index contributed by atoms with van der Waals surface area (Å²) in [6.07, 6.45) is 1.68. The van der Waals surface area contributed by atoms with Gasteiger partial charge in [0.05, 0.1) is 12.4 Å². The molecule has 3 aromatic rings. The van der Waals surface area contributed by atoms with E-state index in [4.69, 9.17) is 16.2 Å². The van der Waals surface area contributed by atoms with Gasteiger partial charge in [0.1, 0.15) is 6.04 Å². The lowest BCUT2D eigenvalue weighted by Crippen LogP contribution is -2.52. The Morgan fingerprint density at radius 1 is 0.976 bits per heavy atom. The van der Waals surface area contributed by atoms with Crippen molar-refractivity contribution in [2.45, 2.75) is 37.5 Å². The highest BCUT2D eigenvalue weighted by atomic mass is 16.6. The first kappa shape index (κ1) is 29.4. The van der Waals surface area contributed by atoms with E-state index in [9.17, 15) is 19.2 Å². The zero-order valence-electron chi connectivity index (χ0n) is 22.6. The standard InChI is InChI=1S/C29H35N7O5/c30-23(28(39)35-24(27(31)38)16-21-17-33-18-34-21)15-20-8-4-5-9-22(20)26(37)25(14-19-6-2-1-3-7-19)41-29(40)36-12-10-32-11-13-36/h1-9,17-18,23-25,32H,10-16,30H2,(H2,31,38)(H,33,34)(H,35,39). The highest BCUT2D eigenvalue weighted by Crippen LogP contribution is 2.19. The first-order valence-electron chi connectivity index (χ1n) is 13.5. The van der Waals surface area contributed by atoms with Crippen molar-refractivity contribution >= 4 is 23.7 Å². The topological polar surface area (TPSA) is 186 Å². The summed E-state index contributed by atoms with van der Waals surface area (Å²) in [5.41, 5.74) is 14.0. The number of rotatable bonds is 12. The molecule has 1 aliphatic rings. The number of ether oxygens (including phenoxy) is 1. The Kier molecular flexibility index (Phi) is 10.2. The van der Waals surface area contributed by atoms with Crippen LogP contribution in [0.1, 0.15) is 27.2 Å². The van der Waals surface area contributed by atoms with Crippen LogP contribution in [0.3, 0.4) is 0 Å². The number of ketones is 1. The number of amides is 3. The van der Waals surface area contributed by atoms with Gasteiger partial charge in [0, 0.05) is 56.5 Å². The molecular formula is C29H35N7O5. The Morgan fingerprint density at radius 2 is 1.68 bits per heavy atom. The van der Waals surface area contributed by atoms with Crippen LogP contribution in [-0.2, 0) is 33.6 Å². The van der Waals surface area contributed by atoms with E-state index in [1.807, 2.05) is 30.3 Å².